The van der Waals surface area contributed by atoms with Crippen LogP contribution < -0.4 is 9.64 Å². The molecule has 0 atom stereocenters. The summed E-state index contributed by atoms with van der Waals surface area (Å²) in [5.74, 6) is 1.86. The van der Waals surface area contributed by atoms with Gasteiger partial charge in [0.1, 0.15) is 11.6 Å². The Labute approximate surface area is 135 Å². The molecule has 2 aromatic rings. The molecule has 0 radical (unpaired) electrons. The van der Waals surface area contributed by atoms with Gasteiger partial charge >= 0.3 is 0 Å². The molecular formula is C17H19ClN2O2. The van der Waals surface area contributed by atoms with E-state index in [1.165, 1.54) is 0 Å². The summed E-state index contributed by atoms with van der Waals surface area (Å²) in [5, 5.41) is 0. The van der Waals surface area contributed by atoms with Gasteiger partial charge in [0, 0.05) is 24.1 Å². The van der Waals surface area contributed by atoms with Gasteiger partial charge in [0.05, 0.1) is 13.7 Å². The zero-order valence-corrected chi connectivity index (χ0v) is 13.3. The summed E-state index contributed by atoms with van der Waals surface area (Å²) in [4.78, 5) is 18.5. The molecule has 0 saturated heterocycles. The number of amides is 1. The van der Waals surface area contributed by atoms with Gasteiger partial charge < -0.3 is 4.74 Å². The van der Waals surface area contributed by atoms with Gasteiger partial charge in [-0.15, -0.1) is 11.6 Å². The molecule has 0 unspecified atom stereocenters. The second-order valence-corrected chi connectivity index (χ2v) is 5.15. The monoisotopic (exact) mass is 318 g/mol. The number of pyridine rings is 1. The fourth-order valence-electron chi connectivity index (χ4n) is 2.17. The molecule has 0 spiro atoms. The van der Waals surface area contributed by atoms with Gasteiger partial charge in [0.2, 0.25) is 5.91 Å². The highest BCUT2D eigenvalue weighted by Crippen LogP contribution is 2.22. The maximum atomic E-state index is 12.5. The van der Waals surface area contributed by atoms with E-state index in [1.54, 1.807) is 18.2 Å². The predicted molar refractivity (Wildman–Crippen MR) is 88.4 cm³/mol. The van der Waals surface area contributed by atoms with Gasteiger partial charge in [-0.1, -0.05) is 24.3 Å². The number of para-hydroxylation sites is 1. The molecule has 0 N–H and O–H groups in total. The Morgan fingerprint density at radius 1 is 1.23 bits per heavy atom. The third-order valence-corrected chi connectivity index (χ3v) is 3.54. The number of methoxy groups -OCH3 is 1. The second kappa shape index (κ2) is 8.39. The van der Waals surface area contributed by atoms with E-state index in [0.717, 1.165) is 11.3 Å². The summed E-state index contributed by atoms with van der Waals surface area (Å²) < 4.78 is 5.36. The highest BCUT2D eigenvalue weighted by Gasteiger charge is 2.18. The van der Waals surface area contributed by atoms with E-state index in [0.29, 0.717) is 31.1 Å². The smallest absolute Gasteiger partial charge is 0.228 e. The molecule has 0 aliphatic carbocycles. The van der Waals surface area contributed by atoms with Crippen molar-refractivity contribution in [2.24, 2.45) is 0 Å². The van der Waals surface area contributed by atoms with Gasteiger partial charge in [-0.3, -0.25) is 9.69 Å². The van der Waals surface area contributed by atoms with E-state index >= 15 is 0 Å². The zero-order valence-electron chi connectivity index (χ0n) is 12.5. The average Bonchev–Trinajstić information content (AvgIpc) is 2.58. The lowest BCUT2D eigenvalue weighted by atomic mass is 10.1. The van der Waals surface area contributed by atoms with Crippen LogP contribution in [0.3, 0.4) is 0 Å². The SMILES string of the molecule is COc1ccccc1CN(C(=O)CCCCl)c1ccccn1. The van der Waals surface area contributed by atoms with Gasteiger partial charge in [-0.2, -0.15) is 0 Å². The molecule has 0 aliphatic heterocycles. The number of ether oxygens (including phenoxy) is 1. The molecule has 0 saturated carbocycles. The molecule has 1 aromatic carbocycles. The van der Waals surface area contributed by atoms with Crippen LogP contribution in [0.4, 0.5) is 5.82 Å². The number of alkyl halides is 1. The van der Waals surface area contributed by atoms with Crippen LogP contribution in [0, 0.1) is 0 Å². The predicted octanol–water partition coefficient (Wildman–Crippen LogP) is 3.64. The van der Waals surface area contributed by atoms with E-state index in [-0.39, 0.29) is 5.91 Å². The fourth-order valence-corrected chi connectivity index (χ4v) is 2.30. The van der Waals surface area contributed by atoms with Crippen LogP contribution in [0.1, 0.15) is 18.4 Å². The Hall–Kier alpha value is -2.07. The Morgan fingerprint density at radius 3 is 2.68 bits per heavy atom. The Balaban J connectivity index is 2.26. The van der Waals surface area contributed by atoms with Crippen molar-refractivity contribution < 1.29 is 9.53 Å². The third kappa shape index (κ3) is 4.21. The van der Waals surface area contributed by atoms with Crippen LogP contribution in [-0.4, -0.2) is 23.9 Å². The minimum atomic E-state index is 0.00487. The minimum absolute atomic E-state index is 0.00487. The minimum Gasteiger partial charge on any atom is -0.496 e. The van der Waals surface area contributed by atoms with Gasteiger partial charge in [0.15, 0.2) is 0 Å². The van der Waals surface area contributed by atoms with E-state index in [1.807, 2.05) is 42.5 Å². The molecule has 5 heteroatoms. The zero-order chi connectivity index (χ0) is 15.8. The van der Waals surface area contributed by atoms with Gasteiger partial charge in [-0.25, -0.2) is 4.98 Å². The Morgan fingerprint density at radius 2 is 2.00 bits per heavy atom. The number of benzene rings is 1. The molecule has 0 aliphatic rings. The Bertz CT molecular complexity index is 605. The topological polar surface area (TPSA) is 42.4 Å². The highest BCUT2D eigenvalue weighted by molar-refractivity contribution is 6.18. The van der Waals surface area contributed by atoms with Crippen molar-refractivity contribution >= 4 is 23.3 Å². The maximum Gasteiger partial charge on any atom is 0.228 e. The van der Waals surface area contributed by atoms with Crippen molar-refractivity contribution in [2.45, 2.75) is 19.4 Å². The van der Waals surface area contributed by atoms with Crippen molar-refractivity contribution in [1.82, 2.24) is 4.98 Å². The van der Waals surface area contributed by atoms with E-state index in [2.05, 4.69) is 4.98 Å². The first-order valence-corrected chi connectivity index (χ1v) is 7.69. The second-order valence-electron chi connectivity index (χ2n) is 4.77. The van der Waals surface area contributed by atoms with Crippen LogP contribution in [0.25, 0.3) is 0 Å². The van der Waals surface area contributed by atoms with Crippen molar-refractivity contribution in [1.29, 1.82) is 0 Å². The molecule has 0 bridgehead atoms. The first-order chi connectivity index (χ1) is 10.8. The van der Waals surface area contributed by atoms with Gasteiger partial charge in [-0.05, 0) is 24.6 Å². The molecule has 1 aromatic heterocycles. The maximum absolute atomic E-state index is 12.5. The summed E-state index contributed by atoms with van der Waals surface area (Å²) in [7, 11) is 1.62. The number of hydrogen-bond acceptors (Lipinski definition) is 3. The molecule has 1 amide bonds. The van der Waals surface area contributed by atoms with Crippen LogP contribution >= 0.6 is 11.6 Å². The molecular weight excluding hydrogens is 300 g/mol. The van der Waals surface area contributed by atoms with Crippen molar-refractivity contribution in [3.05, 3.63) is 54.2 Å². The number of nitrogens with zero attached hydrogens (tertiary/aromatic N) is 2. The molecule has 22 heavy (non-hydrogen) atoms. The number of hydrogen-bond donors (Lipinski definition) is 0. The fraction of sp³-hybridized carbons (Fsp3) is 0.294. The quantitative estimate of drug-likeness (QED) is 0.732. The number of aromatic nitrogens is 1. The van der Waals surface area contributed by atoms with Crippen molar-refractivity contribution in [3.63, 3.8) is 0 Å². The first kappa shape index (κ1) is 16.3. The first-order valence-electron chi connectivity index (χ1n) is 7.15. The van der Waals surface area contributed by atoms with Gasteiger partial charge in [0.25, 0.3) is 0 Å². The summed E-state index contributed by atoms with van der Waals surface area (Å²) >= 11 is 5.70. The standard InChI is InChI=1S/C17H19ClN2O2/c1-22-15-8-3-2-7-14(15)13-20(17(21)10-6-11-18)16-9-4-5-12-19-16/h2-5,7-9,12H,6,10-11,13H2,1H3. The summed E-state index contributed by atoms with van der Waals surface area (Å²) in [6.07, 6.45) is 2.73. The van der Waals surface area contributed by atoms with Crippen molar-refractivity contribution in [2.75, 3.05) is 17.9 Å². The number of halogens is 1. The number of rotatable bonds is 7. The third-order valence-electron chi connectivity index (χ3n) is 3.27. The van der Waals surface area contributed by atoms with Crippen LogP contribution in [0.2, 0.25) is 0 Å². The lowest BCUT2D eigenvalue weighted by Crippen LogP contribution is -2.31. The largest absolute Gasteiger partial charge is 0.496 e. The summed E-state index contributed by atoms with van der Waals surface area (Å²) in [6, 6.07) is 13.2. The molecule has 2 rings (SSSR count). The average molecular weight is 319 g/mol. The molecule has 4 nitrogen and oxygen atoms in total. The summed E-state index contributed by atoms with van der Waals surface area (Å²) in [5.41, 5.74) is 0.940. The number of carbonyl (C=O) groups excluding carboxylic acids is 1. The number of carbonyl (C=O) groups is 1. The van der Waals surface area contributed by atoms with E-state index < -0.39 is 0 Å². The summed E-state index contributed by atoms with van der Waals surface area (Å²) in [6.45, 7) is 0.419. The normalized spacial score (nSPS) is 10.3. The highest BCUT2D eigenvalue weighted by atomic mass is 35.5. The van der Waals surface area contributed by atoms with E-state index in [9.17, 15) is 4.79 Å². The van der Waals surface area contributed by atoms with Crippen LogP contribution in [0.15, 0.2) is 48.7 Å². The lowest BCUT2D eigenvalue weighted by Gasteiger charge is -2.22. The van der Waals surface area contributed by atoms with E-state index in [4.69, 9.17) is 16.3 Å². The molecule has 0 fully saturated rings. The number of anilines is 1. The van der Waals surface area contributed by atoms with Crippen LogP contribution in [0.5, 0.6) is 5.75 Å². The van der Waals surface area contributed by atoms with Crippen LogP contribution in [-0.2, 0) is 11.3 Å². The van der Waals surface area contributed by atoms with Crippen molar-refractivity contribution in [3.8, 4) is 5.75 Å². The molecule has 116 valence electrons. The Kier molecular flexibility index (Phi) is 6.22. The molecule has 1 heterocycles. The lowest BCUT2D eigenvalue weighted by molar-refractivity contribution is -0.118.